The average Bonchev–Trinajstić information content (AvgIpc) is 3.07. The lowest BCUT2D eigenvalue weighted by Crippen LogP contribution is -2.48. The van der Waals surface area contributed by atoms with E-state index in [9.17, 15) is 9.59 Å². The van der Waals surface area contributed by atoms with E-state index >= 15 is 0 Å². The van der Waals surface area contributed by atoms with E-state index in [1.54, 1.807) is 4.90 Å². The van der Waals surface area contributed by atoms with Gasteiger partial charge < -0.3 is 20.3 Å². The van der Waals surface area contributed by atoms with E-state index in [-0.39, 0.29) is 42.8 Å². The molecule has 6 nitrogen and oxygen atoms in total. The Morgan fingerprint density at radius 2 is 1.96 bits per heavy atom. The number of piperidine rings is 1. The Morgan fingerprint density at radius 3 is 2.63 bits per heavy atom. The summed E-state index contributed by atoms with van der Waals surface area (Å²) in [6, 6.07) is 9.56. The maximum Gasteiger partial charge on any atom is 0.260 e. The van der Waals surface area contributed by atoms with Crippen LogP contribution in [0.15, 0.2) is 30.3 Å². The summed E-state index contributed by atoms with van der Waals surface area (Å²) in [7, 11) is 0. The highest BCUT2D eigenvalue weighted by molar-refractivity contribution is 5.85. The van der Waals surface area contributed by atoms with Crippen LogP contribution in [0.3, 0.4) is 0 Å². The molecule has 0 radical (unpaired) electrons. The first-order valence-electron chi connectivity index (χ1n) is 9.54. The minimum absolute atomic E-state index is 0. The maximum atomic E-state index is 12.9. The van der Waals surface area contributed by atoms with Crippen LogP contribution < -0.4 is 10.5 Å². The lowest BCUT2D eigenvalue weighted by Gasteiger charge is -2.35. The lowest BCUT2D eigenvalue weighted by atomic mass is 9.96. The zero-order chi connectivity index (χ0) is 18.5. The van der Waals surface area contributed by atoms with E-state index < -0.39 is 0 Å². The number of para-hydroxylation sites is 1. The molecule has 2 aliphatic heterocycles. The van der Waals surface area contributed by atoms with Crippen molar-refractivity contribution >= 4 is 24.2 Å². The molecule has 2 aliphatic rings. The van der Waals surface area contributed by atoms with Crippen molar-refractivity contribution in [2.45, 2.75) is 32.2 Å². The second-order valence-electron chi connectivity index (χ2n) is 7.46. The molecule has 2 N–H and O–H groups in total. The molecule has 3 rings (SSSR count). The summed E-state index contributed by atoms with van der Waals surface area (Å²) in [4.78, 5) is 29.2. The Bertz CT molecular complexity index is 628. The van der Waals surface area contributed by atoms with Gasteiger partial charge in [0.15, 0.2) is 6.61 Å². The number of nitrogens with two attached hydrogens (primary N) is 1. The summed E-state index contributed by atoms with van der Waals surface area (Å²) in [5, 5.41) is 0. The van der Waals surface area contributed by atoms with Crippen molar-refractivity contribution in [3.8, 4) is 5.75 Å². The molecule has 0 spiro atoms. The number of hydrogen-bond donors (Lipinski definition) is 1. The summed E-state index contributed by atoms with van der Waals surface area (Å²) in [6.07, 6.45) is 2.68. The normalized spacial score (nSPS) is 25.0. The van der Waals surface area contributed by atoms with Crippen molar-refractivity contribution in [1.29, 1.82) is 0 Å². The summed E-state index contributed by atoms with van der Waals surface area (Å²) < 4.78 is 5.56. The van der Waals surface area contributed by atoms with E-state index in [1.165, 1.54) is 0 Å². The fourth-order valence-electron chi connectivity index (χ4n) is 4.01. The minimum Gasteiger partial charge on any atom is -0.484 e. The Kier molecular flexibility index (Phi) is 7.92. The molecule has 27 heavy (non-hydrogen) atoms. The molecule has 1 aromatic carbocycles. The van der Waals surface area contributed by atoms with Crippen LogP contribution in [0.25, 0.3) is 0 Å². The van der Waals surface area contributed by atoms with Gasteiger partial charge in [0.1, 0.15) is 5.75 Å². The number of carbonyl (C=O) groups is 2. The van der Waals surface area contributed by atoms with Gasteiger partial charge in [0, 0.05) is 25.7 Å². The SMILES string of the molecule is CC1CC(CN)CN1C(=O)C1CCCN(C(=O)COc2ccccc2)C1.Cl. The quantitative estimate of drug-likeness (QED) is 0.826. The van der Waals surface area contributed by atoms with Crippen molar-refractivity contribution in [3.63, 3.8) is 0 Å². The second-order valence-corrected chi connectivity index (χ2v) is 7.46. The smallest absolute Gasteiger partial charge is 0.260 e. The van der Waals surface area contributed by atoms with Gasteiger partial charge in [0.25, 0.3) is 5.91 Å². The van der Waals surface area contributed by atoms with Gasteiger partial charge in [-0.15, -0.1) is 12.4 Å². The van der Waals surface area contributed by atoms with Gasteiger partial charge in [-0.3, -0.25) is 9.59 Å². The number of carbonyl (C=O) groups excluding carboxylic acids is 2. The molecule has 3 unspecified atom stereocenters. The van der Waals surface area contributed by atoms with Crippen LogP contribution >= 0.6 is 12.4 Å². The highest BCUT2D eigenvalue weighted by Crippen LogP contribution is 2.27. The second kappa shape index (κ2) is 9.95. The largest absolute Gasteiger partial charge is 0.484 e. The zero-order valence-corrected chi connectivity index (χ0v) is 16.7. The average molecular weight is 396 g/mol. The molecule has 7 heteroatoms. The molecule has 0 aliphatic carbocycles. The molecule has 0 saturated carbocycles. The van der Waals surface area contributed by atoms with Gasteiger partial charge in [-0.1, -0.05) is 18.2 Å². The van der Waals surface area contributed by atoms with Crippen molar-refractivity contribution < 1.29 is 14.3 Å². The number of ether oxygens (including phenoxy) is 1. The van der Waals surface area contributed by atoms with E-state index in [1.807, 2.05) is 35.2 Å². The fourth-order valence-corrected chi connectivity index (χ4v) is 4.01. The lowest BCUT2D eigenvalue weighted by molar-refractivity contribution is -0.142. The summed E-state index contributed by atoms with van der Waals surface area (Å²) in [6.45, 7) is 4.67. The van der Waals surface area contributed by atoms with Crippen LogP contribution in [-0.4, -0.2) is 60.4 Å². The van der Waals surface area contributed by atoms with Crippen LogP contribution in [0.2, 0.25) is 0 Å². The molecule has 2 amide bonds. The molecule has 2 saturated heterocycles. The van der Waals surface area contributed by atoms with Crippen molar-refractivity contribution in [2.24, 2.45) is 17.6 Å². The van der Waals surface area contributed by atoms with Crippen molar-refractivity contribution in [1.82, 2.24) is 9.80 Å². The van der Waals surface area contributed by atoms with Crippen LogP contribution in [0.1, 0.15) is 26.2 Å². The Labute approximate surface area is 167 Å². The fraction of sp³-hybridized carbons (Fsp3) is 0.600. The number of hydrogen-bond acceptors (Lipinski definition) is 4. The van der Waals surface area contributed by atoms with Crippen molar-refractivity contribution in [2.75, 3.05) is 32.8 Å². The van der Waals surface area contributed by atoms with Gasteiger partial charge in [-0.05, 0) is 50.8 Å². The summed E-state index contributed by atoms with van der Waals surface area (Å²) in [5.41, 5.74) is 5.78. The third-order valence-electron chi connectivity index (χ3n) is 5.51. The molecule has 2 heterocycles. The Morgan fingerprint density at radius 1 is 1.22 bits per heavy atom. The van der Waals surface area contributed by atoms with E-state index in [2.05, 4.69) is 6.92 Å². The van der Waals surface area contributed by atoms with Crippen LogP contribution in [0, 0.1) is 11.8 Å². The zero-order valence-electron chi connectivity index (χ0n) is 15.9. The predicted octanol–water partition coefficient (Wildman–Crippen LogP) is 1.92. The molecular formula is C20H30ClN3O3. The summed E-state index contributed by atoms with van der Waals surface area (Å²) in [5.74, 6) is 1.10. The maximum absolute atomic E-state index is 12.9. The van der Waals surface area contributed by atoms with Crippen molar-refractivity contribution in [3.05, 3.63) is 30.3 Å². The minimum atomic E-state index is -0.108. The highest BCUT2D eigenvalue weighted by atomic mass is 35.5. The number of nitrogens with zero attached hydrogens (tertiary/aromatic N) is 2. The Hall–Kier alpha value is -1.79. The predicted molar refractivity (Wildman–Crippen MR) is 107 cm³/mol. The van der Waals surface area contributed by atoms with Gasteiger partial charge in [-0.25, -0.2) is 0 Å². The molecule has 2 fully saturated rings. The first-order chi connectivity index (χ1) is 12.6. The van der Waals surface area contributed by atoms with Gasteiger partial charge in [0.05, 0.1) is 5.92 Å². The number of amides is 2. The van der Waals surface area contributed by atoms with Gasteiger partial charge in [0.2, 0.25) is 5.91 Å². The molecule has 0 bridgehead atoms. The summed E-state index contributed by atoms with van der Waals surface area (Å²) >= 11 is 0. The van der Waals surface area contributed by atoms with E-state index in [0.29, 0.717) is 31.3 Å². The highest BCUT2D eigenvalue weighted by Gasteiger charge is 2.37. The Balaban J connectivity index is 0.00000261. The third-order valence-corrected chi connectivity index (χ3v) is 5.51. The monoisotopic (exact) mass is 395 g/mol. The first-order valence-corrected chi connectivity index (χ1v) is 9.54. The third kappa shape index (κ3) is 5.36. The van der Waals surface area contributed by atoms with Gasteiger partial charge in [-0.2, -0.15) is 0 Å². The molecule has 3 atom stereocenters. The number of rotatable bonds is 5. The molecular weight excluding hydrogens is 366 g/mol. The van der Waals surface area contributed by atoms with E-state index in [0.717, 1.165) is 25.8 Å². The molecule has 150 valence electrons. The van der Waals surface area contributed by atoms with Gasteiger partial charge >= 0.3 is 0 Å². The number of benzene rings is 1. The topological polar surface area (TPSA) is 75.9 Å². The standard InChI is InChI=1S/C20H29N3O3.ClH/c1-15-10-16(11-21)12-23(15)20(25)17-6-5-9-22(13-17)19(24)14-26-18-7-3-2-4-8-18;/h2-4,7-8,15-17H,5-6,9-14,21H2,1H3;1H. The number of likely N-dealkylation sites (tertiary alicyclic amines) is 2. The number of halogens is 1. The molecule has 1 aromatic rings. The first kappa shape index (κ1) is 21.5. The molecule has 0 aromatic heterocycles. The van der Waals surface area contributed by atoms with E-state index in [4.69, 9.17) is 10.5 Å². The van der Waals surface area contributed by atoms with Crippen LogP contribution in [-0.2, 0) is 9.59 Å². The van der Waals surface area contributed by atoms with Crippen LogP contribution in [0.5, 0.6) is 5.75 Å². The van der Waals surface area contributed by atoms with Crippen LogP contribution in [0.4, 0.5) is 0 Å².